The number of hydrogen-bond donors (Lipinski definition) is 1. The lowest BCUT2D eigenvalue weighted by atomic mass is 10.0. The molecule has 0 radical (unpaired) electrons. The molecule has 3 rings (SSSR count). The quantitative estimate of drug-likeness (QED) is 0.674. The number of hydrogen-bond acceptors (Lipinski definition) is 3. The average molecular weight is 390 g/mol. The number of sulfonamides is 1. The summed E-state index contributed by atoms with van der Waals surface area (Å²) in [5.74, 6) is 0.353. The molecule has 0 spiro atoms. The first-order chi connectivity index (χ1) is 12.3. The van der Waals surface area contributed by atoms with Crippen molar-refractivity contribution in [2.24, 2.45) is 0 Å². The smallest absolute Gasteiger partial charge is 0.261 e. The van der Waals surface area contributed by atoms with E-state index in [1.54, 1.807) is 23.0 Å². The predicted molar refractivity (Wildman–Crippen MR) is 104 cm³/mol. The molecule has 2 aromatic carbocycles. The van der Waals surface area contributed by atoms with Crippen LogP contribution in [-0.2, 0) is 16.6 Å². The van der Waals surface area contributed by atoms with E-state index in [9.17, 15) is 8.42 Å². The molecule has 7 heteroatoms. The third kappa shape index (κ3) is 4.45. The lowest BCUT2D eigenvalue weighted by Crippen LogP contribution is -2.12. The monoisotopic (exact) mass is 389 g/mol. The van der Waals surface area contributed by atoms with Crippen LogP contribution in [0.25, 0.3) is 0 Å². The van der Waals surface area contributed by atoms with Crippen LogP contribution < -0.4 is 4.72 Å². The molecule has 0 atom stereocenters. The van der Waals surface area contributed by atoms with Gasteiger partial charge in [0.15, 0.2) is 0 Å². The van der Waals surface area contributed by atoms with Crippen LogP contribution in [0.15, 0.2) is 65.8 Å². The van der Waals surface area contributed by atoms with Gasteiger partial charge in [-0.25, -0.2) is 8.42 Å². The summed E-state index contributed by atoms with van der Waals surface area (Å²) < 4.78 is 29.3. The molecule has 0 fully saturated rings. The Balaban J connectivity index is 1.72. The Hall–Kier alpha value is -2.31. The lowest BCUT2D eigenvalue weighted by molar-refractivity contribution is 0.601. The summed E-state index contributed by atoms with van der Waals surface area (Å²) in [5, 5.41) is 4.88. The summed E-state index contributed by atoms with van der Waals surface area (Å²) in [5.41, 5.74) is 2.54. The van der Waals surface area contributed by atoms with E-state index in [4.69, 9.17) is 11.6 Å². The van der Waals surface area contributed by atoms with Gasteiger partial charge in [-0.15, -0.1) is 0 Å². The fraction of sp³-hybridized carbons (Fsp3) is 0.211. The maximum Gasteiger partial charge on any atom is 0.261 e. The van der Waals surface area contributed by atoms with Gasteiger partial charge in [-0.3, -0.25) is 9.40 Å². The number of aromatic nitrogens is 2. The average Bonchev–Trinajstić information content (AvgIpc) is 3.03. The first kappa shape index (κ1) is 18.5. The molecule has 5 nitrogen and oxygen atoms in total. The highest BCUT2D eigenvalue weighted by molar-refractivity contribution is 7.92. The highest BCUT2D eigenvalue weighted by Gasteiger charge is 2.15. The van der Waals surface area contributed by atoms with E-state index >= 15 is 0 Å². The van der Waals surface area contributed by atoms with Gasteiger partial charge in [0.05, 0.1) is 23.3 Å². The van der Waals surface area contributed by atoms with E-state index in [-0.39, 0.29) is 4.90 Å². The minimum atomic E-state index is -3.64. The molecule has 0 aliphatic carbocycles. The van der Waals surface area contributed by atoms with Crippen molar-refractivity contribution in [2.45, 2.75) is 31.2 Å². The van der Waals surface area contributed by atoms with Crippen molar-refractivity contribution in [1.82, 2.24) is 9.78 Å². The maximum atomic E-state index is 12.5. The van der Waals surface area contributed by atoms with Gasteiger partial charge in [0.2, 0.25) is 0 Å². The van der Waals surface area contributed by atoms with Crippen molar-refractivity contribution in [2.75, 3.05) is 4.72 Å². The number of nitrogens with zero attached hydrogens (tertiary/aromatic N) is 2. The molecule has 3 aromatic rings. The van der Waals surface area contributed by atoms with Crippen LogP contribution in [0.4, 0.5) is 5.69 Å². The molecule has 0 saturated heterocycles. The van der Waals surface area contributed by atoms with Crippen LogP contribution in [0.5, 0.6) is 0 Å². The predicted octanol–water partition coefficient (Wildman–Crippen LogP) is 4.51. The van der Waals surface area contributed by atoms with Crippen molar-refractivity contribution in [1.29, 1.82) is 0 Å². The number of nitrogens with one attached hydrogen (secondary N) is 1. The fourth-order valence-electron chi connectivity index (χ4n) is 2.53. The first-order valence-electron chi connectivity index (χ1n) is 8.23. The molecular formula is C19H20ClN3O2S. The van der Waals surface area contributed by atoms with Gasteiger partial charge in [-0.2, -0.15) is 5.10 Å². The molecule has 0 saturated carbocycles. The van der Waals surface area contributed by atoms with Crippen molar-refractivity contribution < 1.29 is 8.42 Å². The Morgan fingerprint density at radius 2 is 1.73 bits per heavy atom. The molecule has 136 valence electrons. The summed E-state index contributed by atoms with van der Waals surface area (Å²) in [4.78, 5) is 0.229. The lowest BCUT2D eigenvalue weighted by Gasteiger charge is -2.08. The first-order valence-corrected chi connectivity index (χ1v) is 10.1. The Morgan fingerprint density at radius 1 is 1.08 bits per heavy atom. The second kappa shape index (κ2) is 7.51. The van der Waals surface area contributed by atoms with Gasteiger partial charge in [0, 0.05) is 11.2 Å². The summed E-state index contributed by atoms with van der Waals surface area (Å²) in [6, 6.07) is 14.3. The van der Waals surface area contributed by atoms with Crippen LogP contribution in [-0.4, -0.2) is 18.2 Å². The van der Waals surface area contributed by atoms with Gasteiger partial charge in [-0.05, 0) is 41.3 Å². The molecule has 0 aliphatic heterocycles. The Kier molecular flexibility index (Phi) is 5.34. The molecular weight excluding hydrogens is 370 g/mol. The van der Waals surface area contributed by atoms with Crippen molar-refractivity contribution in [3.63, 3.8) is 0 Å². The third-order valence-corrected chi connectivity index (χ3v) is 5.65. The molecule has 26 heavy (non-hydrogen) atoms. The van der Waals surface area contributed by atoms with Crippen LogP contribution in [0.1, 0.15) is 30.9 Å². The van der Waals surface area contributed by atoms with Gasteiger partial charge >= 0.3 is 0 Å². The third-order valence-electron chi connectivity index (χ3n) is 4.00. The van der Waals surface area contributed by atoms with Crippen LogP contribution in [0, 0.1) is 0 Å². The molecule has 1 heterocycles. The number of halogens is 1. The van der Waals surface area contributed by atoms with Gasteiger partial charge in [-0.1, -0.05) is 49.7 Å². The number of benzene rings is 2. The number of anilines is 1. The molecule has 0 bridgehead atoms. The SMILES string of the molecule is CC(C)c1ccc(S(=O)(=O)Nc2cnn(Cc3ccc(Cl)cc3)c2)cc1. The van der Waals surface area contributed by atoms with Crippen LogP contribution in [0.2, 0.25) is 5.02 Å². The van der Waals surface area contributed by atoms with E-state index in [2.05, 4.69) is 23.7 Å². The highest BCUT2D eigenvalue weighted by atomic mass is 35.5. The van der Waals surface area contributed by atoms with Crippen molar-refractivity contribution >= 4 is 27.3 Å². The summed E-state index contributed by atoms with van der Waals surface area (Å²) in [6.07, 6.45) is 3.16. The molecule has 0 unspecified atom stereocenters. The Labute approximate surface area is 158 Å². The standard InChI is InChI=1S/C19H20ClN3O2S/c1-14(2)16-5-9-19(10-6-16)26(24,25)22-18-11-21-23(13-18)12-15-3-7-17(20)8-4-15/h3-11,13-14,22H,12H2,1-2H3. The van der Waals surface area contributed by atoms with Gasteiger partial charge in [0.1, 0.15) is 0 Å². The maximum absolute atomic E-state index is 12.5. The normalized spacial score (nSPS) is 11.7. The zero-order valence-electron chi connectivity index (χ0n) is 14.6. The van der Waals surface area contributed by atoms with Crippen LogP contribution in [0.3, 0.4) is 0 Å². The van der Waals surface area contributed by atoms with E-state index < -0.39 is 10.0 Å². The summed E-state index contributed by atoms with van der Waals surface area (Å²) >= 11 is 5.88. The second-order valence-corrected chi connectivity index (χ2v) is 8.50. The second-order valence-electron chi connectivity index (χ2n) is 6.38. The minimum absolute atomic E-state index is 0.229. The fourth-order valence-corrected chi connectivity index (χ4v) is 3.68. The molecule has 1 aromatic heterocycles. The minimum Gasteiger partial charge on any atom is -0.276 e. The van der Waals surface area contributed by atoms with E-state index in [0.29, 0.717) is 23.2 Å². The molecule has 1 N–H and O–H groups in total. The highest BCUT2D eigenvalue weighted by Crippen LogP contribution is 2.20. The van der Waals surface area contributed by atoms with Gasteiger partial charge in [0.25, 0.3) is 10.0 Å². The zero-order chi connectivity index (χ0) is 18.7. The largest absolute Gasteiger partial charge is 0.276 e. The van der Waals surface area contributed by atoms with E-state index in [0.717, 1.165) is 11.1 Å². The summed E-state index contributed by atoms with van der Waals surface area (Å²) in [7, 11) is -3.64. The Bertz CT molecular complexity index is 978. The number of rotatable bonds is 6. The molecule has 0 aliphatic rings. The van der Waals surface area contributed by atoms with E-state index in [1.807, 2.05) is 36.4 Å². The van der Waals surface area contributed by atoms with Gasteiger partial charge < -0.3 is 0 Å². The van der Waals surface area contributed by atoms with E-state index in [1.165, 1.54) is 6.20 Å². The van der Waals surface area contributed by atoms with Crippen molar-refractivity contribution in [3.8, 4) is 0 Å². The zero-order valence-corrected chi connectivity index (χ0v) is 16.1. The summed E-state index contributed by atoms with van der Waals surface area (Å²) in [6.45, 7) is 4.66. The topological polar surface area (TPSA) is 64.0 Å². The van der Waals surface area contributed by atoms with Crippen molar-refractivity contribution in [3.05, 3.63) is 77.1 Å². The Morgan fingerprint density at radius 3 is 2.35 bits per heavy atom. The van der Waals surface area contributed by atoms with Crippen LogP contribution >= 0.6 is 11.6 Å². The molecule has 0 amide bonds.